The predicted molar refractivity (Wildman–Crippen MR) is 60.1 cm³/mol. The number of hydrogen-bond acceptors (Lipinski definition) is 3. The number of amides is 1. The first kappa shape index (κ1) is 11.6. The summed E-state index contributed by atoms with van der Waals surface area (Å²) < 4.78 is 0. The molecule has 1 rings (SSSR count). The van der Waals surface area contributed by atoms with Crippen LogP contribution in [0.2, 0.25) is 0 Å². The summed E-state index contributed by atoms with van der Waals surface area (Å²) in [6, 6.07) is 0. The van der Waals surface area contributed by atoms with Gasteiger partial charge in [-0.2, -0.15) is 0 Å². The van der Waals surface area contributed by atoms with Crippen LogP contribution < -0.4 is 11.1 Å². The standard InChI is InChI=1S/C9H15BN4O/c1-9(2,3)13-6-4-14(10)8(15)7(6)12-5-11/h5,13H,4H2,1-3H3,(H2,11,12). The Labute approximate surface area is 90.8 Å². The SMILES string of the molecule is [B]N1CC(NC(C)(C)C)=C(N=CN)C1=O. The molecule has 1 amide bonds. The Morgan fingerprint density at radius 2 is 2.20 bits per heavy atom. The summed E-state index contributed by atoms with van der Waals surface area (Å²) in [6.07, 6.45) is 1.09. The Kier molecular flexibility index (Phi) is 3.07. The third kappa shape index (κ3) is 2.74. The maximum absolute atomic E-state index is 11.5. The molecule has 1 heterocycles. The van der Waals surface area contributed by atoms with Gasteiger partial charge in [0.05, 0.1) is 12.0 Å². The monoisotopic (exact) mass is 206 g/mol. The molecular weight excluding hydrogens is 191 g/mol. The third-order valence-electron chi connectivity index (χ3n) is 1.81. The van der Waals surface area contributed by atoms with Crippen molar-refractivity contribution in [2.45, 2.75) is 26.3 Å². The lowest BCUT2D eigenvalue weighted by molar-refractivity contribution is -0.121. The molecule has 0 atom stereocenters. The van der Waals surface area contributed by atoms with Gasteiger partial charge in [0, 0.05) is 12.1 Å². The molecule has 0 aliphatic carbocycles. The lowest BCUT2D eigenvalue weighted by atomic mass is 10.1. The molecule has 3 N–H and O–H groups in total. The second kappa shape index (κ2) is 3.96. The highest BCUT2D eigenvalue weighted by molar-refractivity contribution is 6.19. The molecule has 6 heteroatoms. The molecule has 0 saturated carbocycles. The molecule has 5 nitrogen and oxygen atoms in total. The highest BCUT2D eigenvalue weighted by atomic mass is 16.2. The van der Waals surface area contributed by atoms with Crippen molar-refractivity contribution >= 4 is 20.2 Å². The van der Waals surface area contributed by atoms with E-state index < -0.39 is 0 Å². The van der Waals surface area contributed by atoms with Crippen LogP contribution in [0.5, 0.6) is 0 Å². The van der Waals surface area contributed by atoms with Gasteiger partial charge in [-0.25, -0.2) is 4.99 Å². The van der Waals surface area contributed by atoms with Gasteiger partial charge in [0.1, 0.15) is 5.70 Å². The van der Waals surface area contributed by atoms with E-state index in [1.807, 2.05) is 20.8 Å². The van der Waals surface area contributed by atoms with Gasteiger partial charge in [0.15, 0.2) is 0 Å². The Balaban J connectivity index is 2.96. The average molecular weight is 206 g/mol. The van der Waals surface area contributed by atoms with E-state index in [1.54, 1.807) is 0 Å². The average Bonchev–Trinajstić information content (AvgIpc) is 2.30. The molecule has 80 valence electrons. The lowest BCUT2D eigenvalue weighted by Crippen LogP contribution is -2.37. The molecule has 0 aromatic carbocycles. The van der Waals surface area contributed by atoms with Crippen molar-refractivity contribution in [3.05, 3.63) is 11.4 Å². The number of nitrogens with zero attached hydrogens (tertiary/aromatic N) is 2. The van der Waals surface area contributed by atoms with Crippen LogP contribution in [0.4, 0.5) is 0 Å². The number of hydrogen-bond donors (Lipinski definition) is 2. The van der Waals surface area contributed by atoms with Gasteiger partial charge in [-0.05, 0) is 20.8 Å². The van der Waals surface area contributed by atoms with E-state index in [2.05, 4.69) is 10.3 Å². The fourth-order valence-corrected chi connectivity index (χ4v) is 1.34. The van der Waals surface area contributed by atoms with Crippen molar-refractivity contribution in [3.8, 4) is 0 Å². The van der Waals surface area contributed by atoms with Crippen LogP contribution in [-0.2, 0) is 4.79 Å². The van der Waals surface area contributed by atoms with E-state index in [9.17, 15) is 4.79 Å². The van der Waals surface area contributed by atoms with Gasteiger partial charge >= 0.3 is 0 Å². The normalized spacial score (nSPS) is 18.1. The number of carbonyl (C=O) groups excluding carboxylic acids is 1. The predicted octanol–water partition coefficient (Wildman–Crippen LogP) is -0.501. The topological polar surface area (TPSA) is 70.7 Å². The summed E-state index contributed by atoms with van der Waals surface area (Å²) in [5.41, 5.74) is 6.03. The molecule has 0 saturated heterocycles. The van der Waals surface area contributed by atoms with Crippen LogP contribution in [0.1, 0.15) is 20.8 Å². The van der Waals surface area contributed by atoms with Gasteiger partial charge in [0.2, 0.25) is 7.98 Å². The van der Waals surface area contributed by atoms with Crippen LogP contribution in [0.15, 0.2) is 16.4 Å². The number of nitrogens with two attached hydrogens (primary N) is 1. The van der Waals surface area contributed by atoms with Gasteiger partial charge < -0.3 is 15.9 Å². The number of rotatable bonds is 2. The van der Waals surface area contributed by atoms with Crippen molar-refractivity contribution in [2.24, 2.45) is 10.7 Å². The lowest BCUT2D eigenvalue weighted by Gasteiger charge is -2.23. The summed E-state index contributed by atoms with van der Waals surface area (Å²) in [5.74, 6) is -0.316. The maximum atomic E-state index is 11.5. The van der Waals surface area contributed by atoms with E-state index >= 15 is 0 Å². The van der Waals surface area contributed by atoms with E-state index in [-0.39, 0.29) is 17.1 Å². The van der Waals surface area contributed by atoms with Crippen LogP contribution >= 0.6 is 0 Å². The molecule has 0 unspecified atom stereocenters. The van der Waals surface area contributed by atoms with Crippen molar-refractivity contribution in [1.29, 1.82) is 0 Å². The zero-order valence-corrected chi connectivity index (χ0v) is 9.24. The maximum Gasteiger partial charge on any atom is 0.261 e. The van der Waals surface area contributed by atoms with Gasteiger partial charge in [-0.1, -0.05) is 0 Å². The number of carbonyl (C=O) groups is 1. The highest BCUT2D eigenvalue weighted by Crippen LogP contribution is 2.18. The smallest absolute Gasteiger partial charge is 0.261 e. The Bertz CT molecular complexity index is 329. The Morgan fingerprint density at radius 1 is 1.60 bits per heavy atom. The van der Waals surface area contributed by atoms with Crippen LogP contribution in [-0.4, -0.2) is 37.1 Å². The molecule has 2 radical (unpaired) electrons. The minimum absolute atomic E-state index is 0.143. The fraction of sp³-hybridized carbons (Fsp3) is 0.556. The fourth-order valence-electron chi connectivity index (χ4n) is 1.34. The van der Waals surface area contributed by atoms with Gasteiger partial charge in [0.25, 0.3) is 5.91 Å². The Hall–Kier alpha value is -1.46. The van der Waals surface area contributed by atoms with Crippen LogP contribution in [0.3, 0.4) is 0 Å². The summed E-state index contributed by atoms with van der Waals surface area (Å²) in [5, 5.41) is 3.18. The minimum atomic E-state index is -0.316. The summed E-state index contributed by atoms with van der Waals surface area (Å²) >= 11 is 0. The molecule has 0 fully saturated rings. The molecular formula is C9H15BN4O. The van der Waals surface area contributed by atoms with Crippen LogP contribution in [0.25, 0.3) is 0 Å². The van der Waals surface area contributed by atoms with Crippen molar-refractivity contribution in [1.82, 2.24) is 10.1 Å². The summed E-state index contributed by atoms with van der Waals surface area (Å²) in [4.78, 5) is 16.5. The van der Waals surface area contributed by atoms with Crippen LogP contribution in [0, 0.1) is 0 Å². The van der Waals surface area contributed by atoms with E-state index in [0.29, 0.717) is 12.2 Å². The zero-order chi connectivity index (χ0) is 11.6. The minimum Gasteiger partial charge on any atom is -0.390 e. The van der Waals surface area contributed by atoms with Crippen molar-refractivity contribution in [3.63, 3.8) is 0 Å². The molecule has 0 aromatic rings. The first-order chi connectivity index (χ1) is 6.85. The molecule has 1 aliphatic heterocycles. The van der Waals surface area contributed by atoms with E-state index in [1.165, 1.54) is 0 Å². The largest absolute Gasteiger partial charge is 0.390 e. The quantitative estimate of drug-likeness (QED) is 0.363. The molecule has 15 heavy (non-hydrogen) atoms. The van der Waals surface area contributed by atoms with Gasteiger partial charge in [-0.3, -0.25) is 4.79 Å². The first-order valence-electron chi connectivity index (χ1n) is 4.67. The summed E-state index contributed by atoms with van der Waals surface area (Å²) in [6.45, 7) is 6.32. The summed E-state index contributed by atoms with van der Waals surface area (Å²) in [7, 11) is 5.50. The first-order valence-corrected chi connectivity index (χ1v) is 4.67. The van der Waals surface area contributed by atoms with Crippen molar-refractivity contribution in [2.75, 3.05) is 6.54 Å². The van der Waals surface area contributed by atoms with E-state index in [4.69, 9.17) is 13.7 Å². The van der Waals surface area contributed by atoms with Crippen molar-refractivity contribution < 1.29 is 4.79 Å². The molecule has 0 spiro atoms. The highest BCUT2D eigenvalue weighted by Gasteiger charge is 2.28. The molecule has 1 aliphatic rings. The molecule has 0 bridgehead atoms. The number of nitrogens with one attached hydrogen (secondary N) is 1. The Morgan fingerprint density at radius 3 is 2.67 bits per heavy atom. The van der Waals surface area contributed by atoms with E-state index in [0.717, 1.165) is 11.1 Å². The molecule has 0 aromatic heterocycles. The zero-order valence-electron chi connectivity index (χ0n) is 9.24. The second-order valence-electron chi connectivity index (χ2n) is 4.41. The third-order valence-corrected chi connectivity index (χ3v) is 1.81. The second-order valence-corrected chi connectivity index (χ2v) is 4.41. The number of aliphatic imine (C=N–C) groups is 1. The van der Waals surface area contributed by atoms with Gasteiger partial charge in [-0.15, -0.1) is 0 Å².